The Kier molecular flexibility index (Phi) is 5.75. The van der Waals surface area contributed by atoms with E-state index in [1.54, 1.807) is 16.7 Å². The third-order valence-electron chi connectivity index (χ3n) is 6.15. The zero-order valence-electron chi connectivity index (χ0n) is 17.8. The molecule has 0 spiro atoms. The van der Waals surface area contributed by atoms with Crippen LogP contribution < -0.4 is 10.5 Å². The minimum absolute atomic E-state index is 0.0116. The Balaban J connectivity index is 1.19. The van der Waals surface area contributed by atoms with Crippen molar-refractivity contribution in [1.82, 2.24) is 19.2 Å². The molecule has 2 saturated heterocycles. The predicted octanol–water partition coefficient (Wildman–Crippen LogP) is 2.23. The molecular formula is C23H25N5O3S. The molecule has 0 atom stereocenters. The third kappa shape index (κ3) is 4.18. The lowest BCUT2D eigenvalue weighted by molar-refractivity contribution is -0.119. The van der Waals surface area contributed by atoms with Crippen molar-refractivity contribution in [3.63, 3.8) is 0 Å². The number of fused-ring (bicyclic) bond motifs is 1. The predicted molar refractivity (Wildman–Crippen MR) is 123 cm³/mol. The molecule has 166 valence electrons. The summed E-state index contributed by atoms with van der Waals surface area (Å²) in [6.45, 7) is 4.07. The number of hydrogen-bond acceptors (Lipinski definition) is 6. The lowest BCUT2D eigenvalue weighted by atomic mass is 10.1. The molecule has 0 N–H and O–H groups in total. The Morgan fingerprint density at radius 1 is 1.00 bits per heavy atom. The molecule has 3 aromatic rings. The molecule has 4 heterocycles. The van der Waals surface area contributed by atoms with Crippen molar-refractivity contribution < 1.29 is 9.59 Å². The molecule has 32 heavy (non-hydrogen) atoms. The number of anilines is 1. The van der Waals surface area contributed by atoms with Crippen LogP contribution in [0.15, 0.2) is 46.7 Å². The minimum atomic E-state index is -0.0604. The fourth-order valence-corrected chi connectivity index (χ4v) is 5.09. The van der Waals surface area contributed by atoms with Crippen LogP contribution in [0.2, 0.25) is 0 Å². The largest absolute Gasteiger partial charge is 0.336 e. The molecule has 0 bridgehead atoms. The van der Waals surface area contributed by atoms with Gasteiger partial charge in [0.25, 0.3) is 11.5 Å². The van der Waals surface area contributed by atoms with Crippen LogP contribution >= 0.6 is 11.3 Å². The molecule has 0 aliphatic carbocycles. The quantitative estimate of drug-likeness (QED) is 0.608. The van der Waals surface area contributed by atoms with Gasteiger partial charge in [0.15, 0.2) is 4.96 Å². The van der Waals surface area contributed by atoms with Crippen molar-refractivity contribution in [3.05, 3.63) is 63.5 Å². The number of nitrogens with zero attached hydrogens (tertiary/aromatic N) is 5. The van der Waals surface area contributed by atoms with E-state index in [1.807, 2.05) is 39.4 Å². The summed E-state index contributed by atoms with van der Waals surface area (Å²) in [5.41, 5.74) is 2.21. The lowest BCUT2D eigenvalue weighted by Gasteiger charge is -2.34. The number of hydrogen-bond donors (Lipinski definition) is 0. The maximum Gasteiger partial charge on any atom is 0.258 e. The molecule has 1 aromatic carbocycles. The number of piperazine rings is 1. The smallest absolute Gasteiger partial charge is 0.258 e. The van der Waals surface area contributed by atoms with Gasteiger partial charge in [-0.05, 0) is 37.1 Å². The van der Waals surface area contributed by atoms with Crippen LogP contribution in [0, 0.1) is 0 Å². The number of amides is 2. The maximum atomic E-state index is 12.9. The molecule has 9 heteroatoms. The van der Waals surface area contributed by atoms with E-state index < -0.39 is 0 Å². The lowest BCUT2D eigenvalue weighted by Crippen LogP contribution is -2.48. The Bertz CT molecular complexity index is 1190. The SMILES string of the molecule is O=C(c1ccc(N2CCCCC2=O)cc1)N1CCN(Cc2cc(=O)n3ccsc3n2)CC1. The number of aromatic nitrogens is 2. The highest BCUT2D eigenvalue weighted by molar-refractivity contribution is 7.15. The number of thiazole rings is 1. The van der Waals surface area contributed by atoms with Crippen LogP contribution in [-0.4, -0.2) is 63.7 Å². The van der Waals surface area contributed by atoms with E-state index in [1.165, 1.54) is 11.3 Å². The molecule has 0 radical (unpaired) electrons. The van der Waals surface area contributed by atoms with Crippen LogP contribution in [0.1, 0.15) is 35.3 Å². The average molecular weight is 452 g/mol. The molecule has 0 unspecified atom stereocenters. The zero-order chi connectivity index (χ0) is 22.1. The highest BCUT2D eigenvalue weighted by atomic mass is 32.1. The van der Waals surface area contributed by atoms with E-state index in [2.05, 4.69) is 9.88 Å². The minimum Gasteiger partial charge on any atom is -0.336 e. The number of rotatable bonds is 4. The molecule has 2 aliphatic rings. The van der Waals surface area contributed by atoms with E-state index in [9.17, 15) is 14.4 Å². The summed E-state index contributed by atoms with van der Waals surface area (Å²) in [6.07, 6.45) is 4.30. The van der Waals surface area contributed by atoms with Crippen LogP contribution in [0.25, 0.3) is 4.96 Å². The highest BCUT2D eigenvalue weighted by Gasteiger charge is 2.24. The standard InChI is InChI=1S/C23H25N5O3S/c29-20-3-1-2-8-27(20)19-6-4-17(5-7-19)22(31)26-11-9-25(10-12-26)16-18-15-21(30)28-13-14-32-23(28)24-18/h4-7,13-15H,1-3,8-12,16H2. The van der Waals surface area contributed by atoms with Gasteiger partial charge in [-0.3, -0.25) is 23.7 Å². The van der Waals surface area contributed by atoms with Crippen molar-refractivity contribution >= 4 is 33.8 Å². The number of carbonyl (C=O) groups is 2. The Hall–Kier alpha value is -3.04. The average Bonchev–Trinajstić information content (AvgIpc) is 3.29. The van der Waals surface area contributed by atoms with Crippen molar-refractivity contribution in [2.24, 2.45) is 0 Å². The first-order chi connectivity index (χ1) is 15.6. The van der Waals surface area contributed by atoms with Gasteiger partial charge in [-0.15, -0.1) is 11.3 Å². The summed E-state index contributed by atoms with van der Waals surface area (Å²) in [6, 6.07) is 8.97. The maximum absolute atomic E-state index is 12.9. The molecular weight excluding hydrogens is 426 g/mol. The number of benzene rings is 1. The van der Waals surface area contributed by atoms with E-state index >= 15 is 0 Å². The number of piperidine rings is 1. The van der Waals surface area contributed by atoms with Gasteiger partial charge in [-0.2, -0.15) is 0 Å². The van der Waals surface area contributed by atoms with Gasteiger partial charge in [0.05, 0.1) is 5.69 Å². The first kappa shape index (κ1) is 20.8. The molecule has 2 amide bonds. The Labute approximate surface area is 189 Å². The summed E-state index contributed by atoms with van der Waals surface area (Å²) in [4.78, 5) is 48.4. The van der Waals surface area contributed by atoms with Gasteiger partial charge in [0.1, 0.15) is 0 Å². The molecule has 2 aromatic heterocycles. The van der Waals surface area contributed by atoms with Crippen molar-refractivity contribution in [2.45, 2.75) is 25.8 Å². The Morgan fingerprint density at radius 2 is 1.78 bits per heavy atom. The summed E-state index contributed by atoms with van der Waals surface area (Å²) in [7, 11) is 0. The van der Waals surface area contributed by atoms with Crippen LogP contribution in [0.5, 0.6) is 0 Å². The summed E-state index contributed by atoms with van der Waals surface area (Å²) < 4.78 is 1.55. The summed E-state index contributed by atoms with van der Waals surface area (Å²) >= 11 is 1.45. The van der Waals surface area contributed by atoms with Crippen LogP contribution in [0.4, 0.5) is 5.69 Å². The Morgan fingerprint density at radius 3 is 2.53 bits per heavy atom. The van der Waals surface area contributed by atoms with Gasteiger partial charge in [-0.1, -0.05) is 0 Å². The molecule has 5 rings (SSSR count). The second-order valence-corrected chi connectivity index (χ2v) is 9.13. The van der Waals surface area contributed by atoms with E-state index in [4.69, 9.17) is 0 Å². The highest BCUT2D eigenvalue weighted by Crippen LogP contribution is 2.22. The topological polar surface area (TPSA) is 78.2 Å². The van der Waals surface area contributed by atoms with Crippen molar-refractivity contribution in [3.8, 4) is 0 Å². The van der Waals surface area contributed by atoms with E-state index in [0.717, 1.165) is 43.9 Å². The van der Waals surface area contributed by atoms with E-state index in [-0.39, 0.29) is 17.4 Å². The van der Waals surface area contributed by atoms with Gasteiger partial charge >= 0.3 is 0 Å². The fraction of sp³-hybridized carbons (Fsp3) is 0.391. The van der Waals surface area contributed by atoms with Gasteiger partial charge < -0.3 is 9.80 Å². The first-order valence-corrected chi connectivity index (χ1v) is 11.8. The third-order valence-corrected chi connectivity index (χ3v) is 6.91. The summed E-state index contributed by atoms with van der Waals surface area (Å²) in [5.74, 6) is 0.166. The molecule has 2 fully saturated rings. The normalized spacial score (nSPS) is 17.8. The van der Waals surface area contributed by atoms with Gasteiger partial charge in [0.2, 0.25) is 5.91 Å². The second-order valence-electron chi connectivity index (χ2n) is 8.26. The zero-order valence-corrected chi connectivity index (χ0v) is 18.6. The molecule has 8 nitrogen and oxygen atoms in total. The second kappa shape index (κ2) is 8.84. The first-order valence-electron chi connectivity index (χ1n) is 11.0. The monoisotopic (exact) mass is 451 g/mol. The summed E-state index contributed by atoms with van der Waals surface area (Å²) in [5, 5.41) is 1.86. The van der Waals surface area contributed by atoms with Crippen molar-refractivity contribution in [2.75, 3.05) is 37.6 Å². The van der Waals surface area contributed by atoms with Crippen molar-refractivity contribution in [1.29, 1.82) is 0 Å². The van der Waals surface area contributed by atoms with E-state index in [0.29, 0.717) is 36.6 Å². The fourth-order valence-electron chi connectivity index (χ4n) is 4.35. The van der Waals surface area contributed by atoms with Gasteiger partial charge in [0, 0.05) is 74.6 Å². The van der Waals surface area contributed by atoms with Crippen LogP contribution in [0.3, 0.4) is 0 Å². The molecule has 0 saturated carbocycles. The van der Waals surface area contributed by atoms with Crippen LogP contribution in [-0.2, 0) is 11.3 Å². The number of carbonyl (C=O) groups excluding carboxylic acids is 2. The van der Waals surface area contributed by atoms with Gasteiger partial charge in [-0.25, -0.2) is 4.98 Å². The molecule has 2 aliphatic heterocycles.